The Morgan fingerprint density at radius 2 is 1.90 bits per heavy atom. The van der Waals surface area contributed by atoms with Crippen molar-refractivity contribution in [3.05, 3.63) is 76.1 Å². The van der Waals surface area contributed by atoms with Crippen molar-refractivity contribution >= 4 is 35.4 Å². The number of hydrogen-bond acceptors (Lipinski definition) is 3. The van der Waals surface area contributed by atoms with Crippen LogP contribution in [0.5, 0.6) is 0 Å². The Hall–Kier alpha value is -3.34. The van der Waals surface area contributed by atoms with Crippen LogP contribution in [0.1, 0.15) is 32.0 Å². The van der Waals surface area contributed by atoms with Crippen LogP contribution in [0.25, 0.3) is 33.9 Å². The molecule has 154 valence electrons. The van der Waals surface area contributed by atoms with Gasteiger partial charge < -0.3 is 4.42 Å². The van der Waals surface area contributed by atoms with Gasteiger partial charge in [0.25, 0.3) is 5.82 Å². The Morgan fingerprint density at radius 3 is 2.65 bits per heavy atom. The molecule has 0 unspecified atom stereocenters. The van der Waals surface area contributed by atoms with Gasteiger partial charge >= 0.3 is 6.85 Å². The fourth-order valence-corrected chi connectivity index (χ4v) is 4.58. The minimum absolute atomic E-state index is 0.00492. The molecule has 0 saturated heterocycles. The maximum atomic E-state index is 8.13. The number of fused-ring (bicyclic) bond motifs is 3. The molecule has 1 aromatic carbocycles. The van der Waals surface area contributed by atoms with E-state index in [-0.39, 0.29) is 18.1 Å². The lowest BCUT2D eigenvalue weighted by molar-refractivity contribution is -0.658. The molecule has 5 rings (SSSR count). The monoisotopic (exact) mass is 414 g/mol. The van der Waals surface area contributed by atoms with Crippen molar-refractivity contribution in [1.82, 2.24) is 4.98 Å². The molecule has 31 heavy (non-hydrogen) atoms. The Bertz CT molecular complexity index is 1660. The second-order valence-electron chi connectivity index (χ2n) is 8.15. The van der Waals surface area contributed by atoms with Crippen molar-refractivity contribution in [3.8, 4) is 11.1 Å². The molecule has 0 atom stereocenters. The number of furan rings is 1. The fourth-order valence-electron chi connectivity index (χ4n) is 4.58. The van der Waals surface area contributed by atoms with Crippen molar-refractivity contribution in [1.29, 1.82) is 0 Å². The van der Waals surface area contributed by atoms with E-state index in [4.69, 9.17) is 12.6 Å². The number of aromatic nitrogens is 2. The zero-order valence-corrected chi connectivity index (χ0v) is 18.0. The van der Waals surface area contributed by atoms with E-state index in [0.717, 1.165) is 33.2 Å². The molecule has 0 N–H and O–H groups in total. The lowest BCUT2D eigenvalue weighted by Crippen LogP contribution is -2.50. The fraction of sp³-hybridized carbons (Fsp3) is 0.231. The Balaban J connectivity index is 1.76. The van der Waals surface area contributed by atoms with E-state index in [0.29, 0.717) is 16.7 Å². The van der Waals surface area contributed by atoms with Gasteiger partial charge in [-0.3, -0.25) is 4.81 Å². The predicted octanol–water partition coefficient (Wildman–Crippen LogP) is 3.83. The molecule has 4 heterocycles. The maximum Gasteiger partial charge on any atom is 0.402 e. The second kappa shape index (κ2) is 7.12. The quantitative estimate of drug-likeness (QED) is 0.369. The van der Waals surface area contributed by atoms with Crippen LogP contribution in [0.4, 0.5) is 5.82 Å². The van der Waals surface area contributed by atoms with Gasteiger partial charge in [-0.15, -0.1) is 0 Å². The molecule has 1 aliphatic rings. The topological polar surface area (TPSA) is 33.2 Å². The summed E-state index contributed by atoms with van der Waals surface area (Å²) in [4.78, 5) is 6.43. The molecule has 0 fully saturated rings. The van der Waals surface area contributed by atoms with Crippen LogP contribution in [0.15, 0.2) is 53.1 Å². The summed E-state index contributed by atoms with van der Waals surface area (Å²) in [6, 6.07) is 13.0. The van der Waals surface area contributed by atoms with Gasteiger partial charge in [0.05, 0.1) is 18.6 Å². The van der Waals surface area contributed by atoms with Crippen molar-refractivity contribution < 1.29 is 17.2 Å². The Labute approximate surface area is 191 Å². The van der Waals surface area contributed by atoms with Crippen LogP contribution < -0.4 is 20.0 Å². The van der Waals surface area contributed by atoms with Crippen molar-refractivity contribution in [2.75, 3.05) is 4.81 Å². The summed E-state index contributed by atoms with van der Waals surface area (Å²) in [5.41, 5.74) is 4.29. The third-order valence-corrected chi connectivity index (χ3v) is 5.98. The first kappa shape index (κ1) is 13.9. The number of rotatable bonds is 2. The largest absolute Gasteiger partial charge is 0.434 e. The highest BCUT2D eigenvalue weighted by atomic mass is 16.3. The molecule has 0 radical (unpaired) electrons. The third kappa shape index (κ3) is 3.07. The molecule has 4 aromatic rings. The molecular weight excluding hydrogens is 381 g/mol. The third-order valence-electron chi connectivity index (χ3n) is 5.98. The van der Waals surface area contributed by atoms with Gasteiger partial charge in [0, 0.05) is 25.2 Å². The van der Waals surface area contributed by atoms with Crippen molar-refractivity contribution in [2.45, 2.75) is 34.4 Å². The molecule has 0 saturated carbocycles. The van der Waals surface area contributed by atoms with Gasteiger partial charge in [0.2, 0.25) is 5.71 Å². The first-order chi connectivity index (χ1) is 17.3. The average molecular weight is 414 g/mol. The molecule has 0 aliphatic carbocycles. The number of nitrogens with zero attached hydrogens (tertiary/aromatic N) is 3. The van der Waals surface area contributed by atoms with Crippen LogP contribution >= 0.6 is 0 Å². The molecule has 0 bridgehead atoms. The molecule has 0 amide bonds. The lowest BCUT2D eigenvalue weighted by atomic mass is 9.60. The summed E-state index contributed by atoms with van der Waals surface area (Å²) >= 11 is 0. The standard InChI is InChI=1S/C26H27BN3O/c1-16-12-18(3)28-26-24(16)22-14-27(5)30(19(4)25(22)31-26)23-13-21(17(2)15-29(23)6)20-10-8-7-9-11-20/h7-15H,1-6H3/q+1/i2D3,3D3. The summed E-state index contributed by atoms with van der Waals surface area (Å²) in [5, 5.41) is 1.70. The van der Waals surface area contributed by atoms with Crippen molar-refractivity contribution in [3.63, 3.8) is 0 Å². The van der Waals surface area contributed by atoms with Crippen LogP contribution in [0.3, 0.4) is 0 Å². The van der Waals surface area contributed by atoms with E-state index in [1.54, 1.807) is 12.3 Å². The molecule has 3 aromatic heterocycles. The normalized spacial score (nSPS) is 17.2. The number of hydrogen-bond donors (Lipinski definition) is 0. The van der Waals surface area contributed by atoms with Crippen LogP contribution in [-0.2, 0) is 7.05 Å². The maximum absolute atomic E-state index is 8.13. The highest BCUT2D eigenvalue weighted by Gasteiger charge is 2.34. The first-order valence-corrected chi connectivity index (χ1v) is 10.3. The van der Waals surface area contributed by atoms with Gasteiger partial charge in [-0.1, -0.05) is 36.3 Å². The van der Waals surface area contributed by atoms with Crippen molar-refractivity contribution in [2.24, 2.45) is 7.05 Å². The van der Waals surface area contributed by atoms with Crippen LogP contribution in [0.2, 0.25) is 6.82 Å². The summed E-state index contributed by atoms with van der Waals surface area (Å²) in [6.07, 6.45) is 1.67. The average Bonchev–Trinajstić information content (AvgIpc) is 3.18. The van der Waals surface area contributed by atoms with E-state index in [9.17, 15) is 0 Å². The van der Waals surface area contributed by atoms with Gasteiger partial charge in [-0.2, -0.15) is 0 Å². The molecule has 5 heteroatoms. The SMILES string of the molecule is [2H]C([2H])([2H])c1cc(C)c2c3c(oc2n1)=C(C)N(c1cc(-c2ccccc2)c(C([2H])([2H])[2H])c[n+]1C)B(C)C=3. The van der Waals surface area contributed by atoms with E-state index < -0.39 is 13.7 Å². The summed E-state index contributed by atoms with van der Waals surface area (Å²) < 4.78 is 55.7. The van der Waals surface area contributed by atoms with Gasteiger partial charge in [0.1, 0.15) is 5.70 Å². The molecular formula is C26H27BN3O+. The number of benzene rings is 1. The highest BCUT2D eigenvalue weighted by Crippen LogP contribution is 2.28. The second-order valence-corrected chi connectivity index (χ2v) is 8.15. The van der Waals surface area contributed by atoms with E-state index in [1.165, 1.54) is 0 Å². The van der Waals surface area contributed by atoms with E-state index in [1.807, 2.05) is 61.9 Å². The van der Waals surface area contributed by atoms with E-state index >= 15 is 0 Å². The number of aryl methyl sites for hydroxylation is 4. The van der Waals surface area contributed by atoms with Gasteiger partial charge in [0.15, 0.2) is 5.42 Å². The Morgan fingerprint density at radius 1 is 1.10 bits per heavy atom. The Kier molecular flexibility index (Phi) is 3.18. The molecule has 4 nitrogen and oxygen atoms in total. The highest BCUT2D eigenvalue weighted by molar-refractivity contribution is 6.77. The van der Waals surface area contributed by atoms with Gasteiger partial charge in [-0.25, -0.2) is 9.55 Å². The molecule has 1 aliphatic heterocycles. The first-order valence-electron chi connectivity index (χ1n) is 13.3. The zero-order chi connectivity index (χ0) is 26.9. The van der Waals surface area contributed by atoms with Crippen LogP contribution in [0, 0.1) is 20.6 Å². The predicted molar refractivity (Wildman–Crippen MR) is 128 cm³/mol. The number of pyridine rings is 2. The van der Waals surface area contributed by atoms with Gasteiger partial charge in [-0.05, 0) is 62.7 Å². The smallest absolute Gasteiger partial charge is 0.402 e. The van der Waals surface area contributed by atoms with E-state index in [2.05, 4.69) is 22.6 Å². The minimum Gasteiger partial charge on any atom is -0.434 e. The summed E-state index contributed by atoms with van der Waals surface area (Å²) in [5.74, 6) is 2.88. The summed E-state index contributed by atoms with van der Waals surface area (Å²) in [6.45, 7) is 1.17. The molecule has 0 spiro atoms. The minimum atomic E-state index is -2.33. The number of anilines is 1. The van der Waals surface area contributed by atoms with Crippen LogP contribution in [-0.4, -0.2) is 11.8 Å². The zero-order valence-electron chi connectivity index (χ0n) is 24.0. The lowest BCUT2D eigenvalue weighted by Gasteiger charge is -2.24. The summed E-state index contributed by atoms with van der Waals surface area (Å²) in [7, 11) is 1.84.